The fourth-order valence-corrected chi connectivity index (χ4v) is 12.2. The second-order valence-electron chi connectivity index (χ2n) is 26.3. The van der Waals surface area contributed by atoms with E-state index in [2.05, 4.69) is 31.3 Å². The predicted molar refractivity (Wildman–Crippen MR) is 366 cm³/mol. The molecule has 0 saturated heterocycles. The third-order valence-electron chi connectivity index (χ3n) is 18.0. The number of carbonyl (C=O) groups is 2. The van der Waals surface area contributed by atoms with Crippen LogP contribution in [0.4, 0.5) is 0 Å². The molecule has 0 bridgehead atoms. The van der Waals surface area contributed by atoms with Crippen LogP contribution in [0.5, 0.6) is 0 Å². The Balaban J connectivity index is 3.37. The summed E-state index contributed by atoms with van der Waals surface area (Å²) in [6, 6.07) is -0.627. The van der Waals surface area contributed by atoms with Crippen LogP contribution in [-0.4, -0.2) is 47.4 Å². The number of esters is 1. The molecule has 0 fully saturated rings. The van der Waals surface area contributed by atoms with Crippen LogP contribution in [-0.2, 0) is 14.3 Å². The van der Waals surface area contributed by atoms with Crippen LogP contribution in [0.15, 0.2) is 24.3 Å². The molecule has 0 radical (unpaired) electrons. The van der Waals surface area contributed by atoms with E-state index in [1.54, 1.807) is 6.08 Å². The van der Waals surface area contributed by atoms with Gasteiger partial charge in [0.05, 0.1) is 25.4 Å². The smallest absolute Gasteiger partial charge is 0.305 e. The van der Waals surface area contributed by atoms with Gasteiger partial charge in [-0.05, 0) is 57.8 Å². The Morgan fingerprint density at radius 2 is 0.566 bits per heavy atom. The fourth-order valence-electron chi connectivity index (χ4n) is 12.2. The van der Waals surface area contributed by atoms with Gasteiger partial charge in [0.1, 0.15) is 0 Å². The molecule has 0 aliphatic carbocycles. The van der Waals surface area contributed by atoms with Crippen molar-refractivity contribution in [3.8, 4) is 0 Å². The Hall–Kier alpha value is -1.66. The summed E-state index contributed by atoms with van der Waals surface area (Å²) in [7, 11) is 0. The molecule has 6 nitrogen and oxygen atoms in total. The molecule has 0 rings (SSSR count). The van der Waals surface area contributed by atoms with Crippen molar-refractivity contribution >= 4 is 11.9 Å². The number of unbranched alkanes of at least 4 members (excludes halogenated alkanes) is 59. The lowest BCUT2D eigenvalue weighted by Crippen LogP contribution is -2.45. The molecule has 1 amide bonds. The van der Waals surface area contributed by atoms with Gasteiger partial charge in [-0.3, -0.25) is 9.59 Å². The monoisotopic (exact) mass is 1170 g/mol. The SMILES string of the molecule is CCCCCCCCCCCCCCCCCCCCC/C=C/C(O)C(CO)NC(=O)CCCCCCCCCCCCCCCCCC/C=C\CCCCCCCCCCCCCCOC(=O)CCCCCCCCCCCCCCC. The normalized spacial score (nSPS) is 12.6. The van der Waals surface area contributed by atoms with Crippen LogP contribution in [0.2, 0.25) is 0 Å². The maximum absolute atomic E-state index is 12.5. The molecule has 3 N–H and O–H groups in total. The van der Waals surface area contributed by atoms with Gasteiger partial charge in [-0.15, -0.1) is 0 Å². The molecular formula is C77H149NO5. The van der Waals surface area contributed by atoms with Crippen LogP contribution >= 0.6 is 0 Å². The summed E-state index contributed by atoms with van der Waals surface area (Å²) in [4.78, 5) is 24.6. The lowest BCUT2D eigenvalue weighted by molar-refractivity contribution is -0.143. The minimum atomic E-state index is -0.843. The molecule has 0 aromatic rings. The van der Waals surface area contributed by atoms with Gasteiger partial charge in [-0.2, -0.15) is 0 Å². The quantitative estimate of drug-likeness (QED) is 0.0320. The molecule has 0 saturated carbocycles. The lowest BCUT2D eigenvalue weighted by atomic mass is 10.0. The predicted octanol–water partition coefficient (Wildman–Crippen LogP) is 24.9. The van der Waals surface area contributed by atoms with Gasteiger partial charge in [0.2, 0.25) is 5.91 Å². The average molecular weight is 1170 g/mol. The molecule has 6 heteroatoms. The van der Waals surface area contributed by atoms with E-state index < -0.39 is 12.1 Å². The van der Waals surface area contributed by atoms with Crippen LogP contribution in [0.25, 0.3) is 0 Å². The molecule has 2 atom stereocenters. The zero-order valence-corrected chi connectivity index (χ0v) is 56.5. The number of carbonyl (C=O) groups excluding carboxylic acids is 2. The Bertz CT molecular complexity index is 1300. The van der Waals surface area contributed by atoms with E-state index >= 15 is 0 Å². The first-order valence-corrected chi connectivity index (χ1v) is 38.1. The van der Waals surface area contributed by atoms with Crippen LogP contribution in [0, 0.1) is 0 Å². The summed E-state index contributed by atoms with van der Waals surface area (Å²) in [5, 5.41) is 23.3. The van der Waals surface area contributed by atoms with E-state index in [4.69, 9.17) is 4.74 Å². The van der Waals surface area contributed by atoms with E-state index in [9.17, 15) is 19.8 Å². The lowest BCUT2D eigenvalue weighted by Gasteiger charge is -2.20. The summed E-state index contributed by atoms with van der Waals surface area (Å²) >= 11 is 0. The molecule has 0 heterocycles. The van der Waals surface area contributed by atoms with Gasteiger partial charge in [0.25, 0.3) is 0 Å². The first-order chi connectivity index (χ1) is 41.0. The topological polar surface area (TPSA) is 95.9 Å². The second-order valence-corrected chi connectivity index (χ2v) is 26.3. The summed E-state index contributed by atoms with van der Waals surface area (Å²) in [5.41, 5.74) is 0. The maximum Gasteiger partial charge on any atom is 0.305 e. The number of nitrogens with one attached hydrogen (secondary N) is 1. The first-order valence-electron chi connectivity index (χ1n) is 38.1. The van der Waals surface area contributed by atoms with Crippen molar-refractivity contribution in [2.45, 2.75) is 443 Å². The number of hydrogen-bond acceptors (Lipinski definition) is 5. The molecule has 2 unspecified atom stereocenters. The Labute approximate surface area is 520 Å². The van der Waals surface area contributed by atoms with Crippen LogP contribution in [0.3, 0.4) is 0 Å². The average Bonchev–Trinajstić information content (AvgIpc) is 3.49. The first kappa shape index (κ1) is 81.3. The van der Waals surface area contributed by atoms with Crippen molar-refractivity contribution < 1.29 is 24.5 Å². The van der Waals surface area contributed by atoms with Crippen molar-refractivity contribution in [1.29, 1.82) is 0 Å². The highest BCUT2D eigenvalue weighted by Gasteiger charge is 2.18. The third kappa shape index (κ3) is 69.3. The standard InChI is InChI=1S/C77H149NO5/c1-3-5-7-9-11-13-15-17-18-19-20-33-36-39-42-46-49-53-57-61-65-69-75(80)74(73-79)78-76(81)70-66-62-58-54-50-47-43-40-37-34-31-29-27-25-23-21-22-24-26-28-30-32-35-38-41-44-48-52-56-60-64-68-72-83-77(82)71-67-63-59-55-51-45-16-14-12-10-8-6-4-2/h24,26,65,69,74-75,79-80H,3-23,25,27-64,66-68,70-73H2,1-2H3,(H,78,81)/b26-24-,69-65+. The summed E-state index contributed by atoms with van der Waals surface area (Å²) in [6.45, 7) is 4.95. The maximum atomic E-state index is 12.5. The zero-order valence-electron chi connectivity index (χ0n) is 56.5. The van der Waals surface area contributed by atoms with E-state index in [1.807, 2.05) is 6.08 Å². The highest BCUT2D eigenvalue weighted by atomic mass is 16.5. The van der Waals surface area contributed by atoms with Crippen molar-refractivity contribution in [3.05, 3.63) is 24.3 Å². The zero-order chi connectivity index (χ0) is 59.9. The molecule has 0 aromatic carbocycles. The second kappa shape index (κ2) is 72.8. The molecule has 0 aromatic heterocycles. The molecule has 0 spiro atoms. The minimum Gasteiger partial charge on any atom is -0.466 e. The van der Waals surface area contributed by atoms with Crippen LogP contribution < -0.4 is 5.32 Å². The Kier molecular flexibility index (Phi) is 71.4. The van der Waals surface area contributed by atoms with Gasteiger partial charge in [0.15, 0.2) is 0 Å². The highest BCUT2D eigenvalue weighted by molar-refractivity contribution is 5.76. The summed E-state index contributed by atoms with van der Waals surface area (Å²) in [6.07, 6.45) is 92.9. The Morgan fingerprint density at radius 1 is 0.325 bits per heavy atom. The number of rotatable bonds is 72. The third-order valence-corrected chi connectivity index (χ3v) is 18.0. The van der Waals surface area contributed by atoms with Gasteiger partial charge in [0, 0.05) is 12.8 Å². The van der Waals surface area contributed by atoms with Crippen molar-refractivity contribution in [1.82, 2.24) is 5.32 Å². The fraction of sp³-hybridized carbons (Fsp3) is 0.922. The number of aliphatic hydroxyl groups is 2. The van der Waals surface area contributed by atoms with Gasteiger partial charge < -0.3 is 20.3 Å². The van der Waals surface area contributed by atoms with E-state index in [1.165, 1.54) is 366 Å². The minimum absolute atomic E-state index is 0.0203. The molecule has 0 aliphatic heterocycles. The molecule has 0 aliphatic rings. The molecule has 492 valence electrons. The van der Waals surface area contributed by atoms with E-state index in [-0.39, 0.29) is 18.5 Å². The number of amides is 1. The highest BCUT2D eigenvalue weighted by Crippen LogP contribution is 2.19. The van der Waals surface area contributed by atoms with Gasteiger partial charge in [-0.1, -0.05) is 385 Å². The van der Waals surface area contributed by atoms with E-state index in [0.29, 0.717) is 19.4 Å². The van der Waals surface area contributed by atoms with E-state index in [0.717, 1.165) is 38.5 Å². The molecule has 83 heavy (non-hydrogen) atoms. The number of aliphatic hydroxyl groups excluding tert-OH is 2. The van der Waals surface area contributed by atoms with Crippen molar-refractivity contribution in [2.75, 3.05) is 13.2 Å². The summed E-state index contributed by atoms with van der Waals surface area (Å²) < 4.78 is 5.49. The van der Waals surface area contributed by atoms with Gasteiger partial charge >= 0.3 is 5.97 Å². The number of allylic oxidation sites excluding steroid dienone is 3. The van der Waals surface area contributed by atoms with Crippen molar-refractivity contribution in [2.24, 2.45) is 0 Å². The summed E-state index contributed by atoms with van der Waals surface area (Å²) in [5.74, 6) is -0.0404. The largest absolute Gasteiger partial charge is 0.466 e. The number of ether oxygens (including phenoxy) is 1. The molecular weight excluding hydrogens is 1020 g/mol. The number of hydrogen-bond donors (Lipinski definition) is 3. The Morgan fingerprint density at radius 3 is 0.855 bits per heavy atom. The van der Waals surface area contributed by atoms with Crippen molar-refractivity contribution in [3.63, 3.8) is 0 Å². The van der Waals surface area contributed by atoms with Gasteiger partial charge in [-0.25, -0.2) is 0 Å². The van der Waals surface area contributed by atoms with Crippen LogP contribution in [0.1, 0.15) is 431 Å².